The number of primary amides is 1. The Bertz CT molecular complexity index is 943. The number of likely N-dealkylation sites (tertiary alicyclic amines) is 1. The summed E-state index contributed by atoms with van der Waals surface area (Å²) in [5.74, 6) is -0.0380. The van der Waals surface area contributed by atoms with Gasteiger partial charge in [-0.3, -0.25) is 9.59 Å². The van der Waals surface area contributed by atoms with Crippen LogP contribution in [0.15, 0.2) is 83.9 Å². The molecular formula is C33H49ClN2O2. The van der Waals surface area contributed by atoms with Gasteiger partial charge in [0.2, 0.25) is 11.8 Å². The minimum atomic E-state index is -0.333. The Balaban J connectivity index is 0.000000762. The molecule has 1 heterocycles. The SMILES string of the molecule is C/C=C(/Cl)C/C=C\CC.CC.CC(N)=O.CC1(c2ccccc2)CCN(C(=O)CCc2ccccc2)CC1. The Morgan fingerprint density at radius 2 is 1.47 bits per heavy atom. The number of rotatable bonds is 7. The lowest BCUT2D eigenvalue weighted by molar-refractivity contribution is -0.132. The molecule has 5 heteroatoms. The van der Waals surface area contributed by atoms with E-state index in [1.165, 1.54) is 18.1 Å². The van der Waals surface area contributed by atoms with Crippen molar-refractivity contribution in [3.05, 3.63) is 95.1 Å². The second-order valence-corrected chi connectivity index (χ2v) is 9.71. The van der Waals surface area contributed by atoms with Crippen LogP contribution in [0.5, 0.6) is 0 Å². The highest BCUT2D eigenvalue weighted by molar-refractivity contribution is 6.29. The monoisotopic (exact) mass is 540 g/mol. The van der Waals surface area contributed by atoms with Crippen LogP contribution in [0.4, 0.5) is 0 Å². The van der Waals surface area contributed by atoms with Crippen molar-refractivity contribution in [1.82, 2.24) is 4.90 Å². The standard InChI is InChI=1S/C21H25NO.C8H13Cl.C2H5NO.C2H6/c1-21(19-10-6-3-7-11-19)14-16-22(17-15-21)20(23)13-12-18-8-4-2-5-9-18;1-3-5-6-7-8(9)4-2;1-2(3)4;1-2/h2-11H,12-17H2,1H3;4-6H,3,7H2,1-2H3;1H3,(H2,3,4);1-2H3/b;6-5-,8-4+;;. The second kappa shape index (κ2) is 21.1. The molecule has 1 saturated heterocycles. The molecule has 4 nitrogen and oxygen atoms in total. The number of carbonyl (C=O) groups excluding carboxylic acids is 2. The largest absolute Gasteiger partial charge is 0.370 e. The first-order chi connectivity index (χ1) is 18.2. The van der Waals surface area contributed by atoms with Crippen molar-refractivity contribution in [2.45, 2.75) is 85.5 Å². The van der Waals surface area contributed by atoms with Gasteiger partial charge in [-0.25, -0.2) is 0 Å². The Morgan fingerprint density at radius 1 is 0.974 bits per heavy atom. The van der Waals surface area contributed by atoms with Crippen LogP contribution < -0.4 is 5.73 Å². The number of halogens is 1. The molecule has 1 aliphatic heterocycles. The van der Waals surface area contributed by atoms with E-state index in [0.717, 1.165) is 50.2 Å². The maximum atomic E-state index is 12.4. The molecule has 0 radical (unpaired) electrons. The van der Waals surface area contributed by atoms with Crippen LogP contribution in [0.1, 0.15) is 84.8 Å². The third-order valence-electron chi connectivity index (χ3n) is 6.19. The highest BCUT2D eigenvalue weighted by atomic mass is 35.5. The van der Waals surface area contributed by atoms with Gasteiger partial charge in [-0.15, -0.1) is 0 Å². The van der Waals surface area contributed by atoms with E-state index in [1.54, 1.807) is 0 Å². The molecule has 2 N–H and O–H groups in total. The number of hydrogen-bond acceptors (Lipinski definition) is 2. The lowest BCUT2D eigenvalue weighted by Gasteiger charge is -2.40. The fourth-order valence-corrected chi connectivity index (χ4v) is 4.00. The molecule has 1 aliphatic rings. The number of nitrogens with zero attached hydrogens (tertiary/aromatic N) is 1. The van der Waals surface area contributed by atoms with Gasteiger partial charge in [0.1, 0.15) is 0 Å². The third kappa shape index (κ3) is 15.4. The van der Waals surface area contributed by atoms with Crippen LogP contribution in [0, 0.1) is 0 Å². The van der Waals surface area contributed by atoms with Gasteiger partial charge < -0.3 is 10.6 Å². The summed E-state index contributed by atoms with van der Waals surface area (Å²) < 4.78 is 0. The molecule has 0 aromatic heterocycles. The highest BCUT2D eigenvalue weighted by Gasteiger charge is 2.32. The fourth-order valence-electron chi connectivity index (χ4n) is 3.91. The summed E-state index contributed by atoms with van der Waals surface area (Å²) in [4.78, 5) is 23.7. The average Bonchev–Trinajstić information content (AvgIpc) is 2.94. The predicted molar refractivity (Wildman–Crippen MR) is 164 cm³/mol. The molecular weight excluding hydrogens is 492 g/mol. The summed E-state index contributed by atoms with van der Waals surface area (Å²) in [6.07, 6.45) is 11.6. The van der Waals surface area contributed by atoms with Crippen LogP contribution in [-0.2, 0) is 21.4 Å². The molecule has 0 spiro atoms. The lowest BCUT2D eigenvalue weighted by atomic mass is 9.74. The zero-order chi connectivity index (χ0) is 28.8. The lowest BCUT2D eigenvalue weighted by Crippen LogP contribution is -2.44. The zero-order valence-corrected chi connectivity index (χ0v) is 25.1. The number of allylic oxidation sites excluding steroid dienone is 4. The summed E-state index contributed by atoms with van der Waals surface area (Å²) in [7, 11) is 0. The molecule has 2 aromatic carbocycles. The van der Waals surface area contributed by atoms with Crippen LogP contribution in [0.3, 0.4) is 0 Å². The molecule has 0 aliphatic carbocycles. The van der Waals surface area contributed by atoms with Gasteiger partial charge in [0.05, 0.1) is 0 Å². The normalized spacial score (nSPS) is 14.2. The van der Waals surface area contributed by atoms with Crippen molar-refractivity contribution in [3.8, 4) is 0 Å². The van der Waals surface area contributed by atoms with Crippen LogP contribution in [0.2, 0.25) is 0 Å². The molecule has 2 amide bonds. The minimum Gasteiger partial charge on any atom is -0.370 e. The first-order valence-electron chi connectivity index (χ1n) is 13.8. The van der Waals surface area contributed by atoms with Gasteiger partial charge in [0.15, 0.2) is 0 Å². The van der Waals surface area contributed by atoms with Crippen molar-refractivity contribution in [2.75, 3.05) is 13.1 Å². The van der Waals surface area contributed by atoms with E-state index < -0.39 is 0 Å². The molecule has 2 aromatic rings. The van der Waals surface area contributed by atoms with E-state index in [4.69, 9.17) is 11.6 Å². The second-order valence-electron chi connectivity index (χ2n) is 9.22. The molecule has 3 rings (SSSR count). The van der Waals surface area contributed by atoms with Crippen molar-refractivity contribution < 1.29 is 9.59 Å². The van der Waals surface area contributed by atoms with Crippen LogP contribution >= 0.6 is 11.6 Å². The molecule has 0 atom stereocenters. The maximum Gasteiger partial charge on any atom is 0.222 e. The smallest absolute Gasteiger partial charge is 0.222 e. The highest BCUT2D eigenvalue weighted by Crippen LogP contribution is 2.35. The molecule has 0 saturated carbocycles. The Morgan fingerprint density at radius 3 is 1.95 bits per heavy atom. The summed E-state index contributed by atoms with van der Waals surface area (Å²) >= 11 is 5.71. The first-order valence-corrected chi connectivity index (χ1v) is 14.2. The zero-order valence-electron chi connectivity index (χ0n) is 24.4. The topological polar surface area (TPSA) is 63.4 Å². The Kier molecular flexibility index (Phi) is 19.5. The number of carbonyl (C=O) groups is 2. The summed E-state index contributed by atoms with van der Waals surface area (Å²) in [6.45, 7) is 13.4. The molecule has 210 valence electrons. The first kappa shape index (κ1) is 35.2. The number of nitrogens with two attached hydrogens (primary N) is 1. The summed E-state index contributed by atoms with van der Waals surface area (Å²) in [6, 6.07) is 21.0. The van der Waals surface area contributed by atoms with Crippen molar-refractivity contribution in [1.29, 1.82) is 0 Å². The van der Waals surface area contributed by atoms with Gasteiger partial charge in [-0.05, 0) is 49.1 Å². The summed E-state index contributed by atoms with van der Waals surface area (Å²) in [5, 5.41) is 0.916. The van der Waals surface area contributed by atoms with Crippen molar-refractivity contribution >= 4 is 23.4 Å². The van der Waals surface area contributed by atoms with E-state index in [2.05, 4.69) is 74.2 Å². The van der Waals surface area contributed by atoms with Gasteiger partial charge in [-0.1, -0.05) is 118 Å². The molecule has 0 bridgehead atoms. The quantitative estimate of drug-likeness (QED) is 0.359. The number of aryl methyl sites for hydroxylation is 1. The van der Waals surface area contributed by atoms with Crippen LogP contribution in [-0.4, -0.2) is 29.8 Å². The van der Waals surface area contributed by atoms with Gasteiger partial charge in [0.25, 0.3) is 0 Å². The van der Waals surface area contributed by atoms with Gasteiger partial charge in [0, 0.05) is 37.9 Å². The Hall–Kier alpha value is -2.85. The molecule has 0 unspecified atom stereocenters. The maximum absolute atomic E-state index is 12.4. The Labute approximate surface area is 237 Å². The minimum absolute atomic E-state index is 0.206. The van der Waals surface area contributed by atoms with Crippen molar-refractivity contribution in [3.63, 3.8) is 0 Å². The van der Waals surface area contributed by atoms with E-state index in [-0.39, 0.29) is 11.3 Å². The number of amides is 2. The van der Waals surface area contributed by atoms with Gasteiger partial charge >= 0.3 is 0 Å². The van der Waals surface area contributed by atoms with E-state index >= 15 is 0 Å². The molecule has 1 fully saturated rings. The van der Waals surface area contributed by atoms with Crippen molar-refractivity contribution in [2.24, 2.45) is 5.73 Å². The van der Waals surface area contributed by atoms with E-state index in [0.29, 0.717) is 12.3 Å². The summed E-state index contributed by atoms with van der Waals surface area (Å²) in [5.41, 5.74) is 7.32. The average molecular weight is 541 g/mol. The van der Waals surface area contributed by atoms with Crippen LogP contribution in [0.25, 0.3) is 0 Å². The predicted octanol–water partition coefficient (Wildman–Crippen LogP) is 8.20. The van der Waals surface area contributed by atoms with E-state index in [1.807, 2.05) is 49.9 Å². The number of piperidine rings is 1. The number of benzene rings is 2. The molecule has 38 heavy (non-hydrogen) atoms. The van der Waals surface area contributed by atoms with E-state index in [9.17, 15) is 9.59 Å². The number of hydrogen-bond donors (Lipinski definition) is 1. The fraction of sp³-hybridized carbons (Fsp3) is 0.455. The van der Waals surface area contributed by atoms with Gasteiger partial charge in [-0.2, -0.15) is 0 Å². The third-order valence-corrected chi connectivity index (χ3v) is 6.56.